The van der Waals surface area contributed by atoms with Gasteiger partial charge in [-0.15, -0.1) is 0 Å². The van der Waals surface area contributed by atoms with Crippen LogP contribution in [0.5, 0.6) is 0 Å². The maximum Gasteiger partial charge on any atom is 0.110 e. The minimum absolute atomic E-state index is 0.204. The SMILES string of the molecule is CC(Br)C(S)(S)S. The van der Waals surface area contributed by atoms with Crippen LogP contribution in [0.25, 0.3) is 0 Å². The number of hydrogen-bond donors (Lipinski definition) is 3. The van der Waals surface area contributed by atoms with Crippen molar-refractivity contribution in [1.29, 1.82) is 0 Å². The molecule has 0 spiro atoms. The predicted octanol–water partition coefficient (Wildman–Crippen LogP) is 2.21. The number of alkyl halides is 1. The fourth-order valence-electron chi connectivity index (χ4n) is 0. The van der Waals surface area contributed by atoms with Gasteiger partial charge in [-0.05, 0) is 6.92 Å². The van der Waals surface area contributed by atoms with Crippen molar-refractivity contribution in [2.45, 2.75) is 15.2 Å². The first-order chi connectivity index (χ1) is 2.94. The molecule has 0 aliphatic rings. The Morgan fingerprint density at radius 2 is 1.57 bits per heavy atom. The van der Waals surface area contributed by atoms with E-state index in [1.807, 2.05) is 6.92 Å². The highest BCUT2D eigenvalue weighted by Crippen LogP contribution is 2.32. The van der Waals surface area contributed by atoms with Gasteiger partial charge in [-0.2, -0.15) is 37.9 Å². The van der Waals surface area contributed by atoms with Crippen LogP contribution in [0, 0.1) is 0 Å². The van der Waals surface area contributed by atoms with Crippen molar-refractivity contribution in [3.63, 3.8) is 0 Å². The Labute approximate surface area is 68.8 Å². The molecule has 0 saturated carbocycles. The third kappa shape index (κ3) is 4.06. The molecule has 0 aromatic rings. The largest absolute Gasteiger partial charge is 0.150 e. The van der Waals surface area contributed by atoms with Crippen molar-refractivity contribution in [3.8, 4) is 0 Å². The highest BCUT2D eigenvalue weighted by molar-refractivity contribution is 9.09. The van der Waals surface area contributed by atoms with Crippen LogP contribution in [0.15, 0.2) is 0 Å². The molecule has 0 saturated heterocycles. The molecule has 0 bridgehead atoms. The second-order valence-electron chi connectivity index (χ2n) is 1.30. The molecule has 0 N–H and O–H groups in total. The fraction of sp³-hybridized carbons (Fsp3) is 1.00. The van der Waals surface area contributed by atoms with Crippen molar-refractivity contribution >= 4 is 53.8 Å². The van der Waals surface area contributed by atoms with E-state index in [0.717, 1.165) is 0 Å². The molecular formula is C3H7BrS3. The maximum atomic E-state index is 4.03. The first kappa shape index (κ1) is 8.53. The van der Waals surface area contributed by atoms with Crippen LogP contribution in [0.1, 0.15) is 6.92 Å². The minimum Gasteiger partial charge on any atom is -0.150 e. The van der Waals surface area contributed by atoms with Crippen molar-refractivity contribution in [2.24, 2.45) is 0 Å². The second kappa shape index (κ2) is 2.90. The van der Waals surface area contributed by atoms with Gasteiger partial charge >= 0.3 is 0 Å². The standard InChI is InChI=1S/C3H7BrS3/c1-2(4)3(5,6)7/h2,5-7H,1H3. The van der Waals surface area contributed by atoms with Crippen LogP contribution in [0.4, 0.5) is 0 Å². The van der Waals surface area contributed by atoms with Crippen LogP contribution in [0.3, 0.4) is 0 Å². The Morgan fingerprint density at radius 1 is 1.43 bits per heavy atom. The zero-order valence-corrected chi connectivity index (χ0v) is 8.07. The molecule has 0 heterocycles. The summed E-state index contributed by atoms with van der Waals surface area (Å²) in [6, 6.07) is 0. The van der Waals surface area contributed by atoms with Gasteiger partial charge in [-0.25, -0.2) is 0 Å². The van der Waals surface area contributed by atoms with Gasteiger partial charge in [0.1, 0.15) is 3.41 Å². The lowest BCUT2D eigenvalue weighted by atomic mass is 10.6. The lowest BCUT2D eigenvalue weighted by molar-refractivity contribution is 1.07. The summed E-state index contributed by atoms with van der Waals surface area (Å²) in [5, 5.41) is 0. The molecule has 1 atom stereocenters. The van der Waals surface area contributed by atoms with E-state index in [9.17, 15) is 0 Å². The van der Waals surface area contributed by atoms with Crippen LogP contribution < -0.4 is 0 Å². The zero-order valence-electron chi connectivity index (χ0n) is 3.80. The van der Waals surface area contributed by atoms with E-state index < -0.39 is 3.41 Å². The van der Waals surface area contributed by atoms with E-state index in [1.54, 1.807) is 0 Å². The topological polar surface area (TPSA) is 0 Å². The average molecular weight is 219 g/mol. The highest BCUT2D eigenvalue weighted by atomic mass is 79.9. The lowest BCUT2D eigenvalue weighted by Crippen LogP contribution is -2.14. The Kier molecular flexibility index (Phi) is 3.53. The predicted molar refractivity (Wildman–Crippen MR) is 48.1 cm³/mol. The first-order valence-corrected chi connectivity index (χ1v) is 4.01. The Bertz CT molecular complexity index is 55.7. The highest BCUT2D eigenvalue weighted by Gasteiger charge is 2.19. The molecule has 0 rings (SSSR count). The van der Waals surface area contributed by atoms with Gasteiger partial charge in [-0.1, -0.05) is 15.9 Å². The van der Waals surface area contributed by atoms with Gasteiger partial charge < -0.3 is 0 Å². The fourth-order valence-corrected chi connectivity index (χ4v) is 0. The van der Waals surface area contributed by atoms with Gasteiger partial charge in [0, 0.05) is 4.83 Å². The molecule has 1 unspecified atom stereocenters. The molecule has 0 aliphatic heterocycles. The molecule has 0 aliphatic carbocycles. The molecule has 44 valence electrons. The Morgan fingerprint density at radius 3 is 1.57 bits per heavy atom. The lowest BCUT2D eigenvalue weighted by Gasteiger charge is -2.17. The van der Waals surface area contributed by atoms with Crippen molar-refractivity contribution in [1.82, 2.24) is 0 Å². The third-order valence-corrected chi connectivity index (χ3v) is 3.44. The van der Waals surface area contributed by atoms with Gasteiger partial charge in [-0.3, -0.25) is 0 Å². The Balaban J connectivity index is 3.54. The molecule has 4 heteroatoms. The summed E-state index contributed by atoms with van der Waals surface area (Å²) in [6.07, 6.45) is 0. The van der Waals surface area contributed by atoms with Gasteiger partial charge in [0.25, 0.3) is 0 Å². The van der Waals surface area contributed by atoms with Crippen molar-refractivity contribution in [3.05, 3.63) is 0 Å². The van der Waals surface area contributed by atoms with E-state index in [0.29, 0.717) is 0 Å². The summed E-state index contributed by atoms with van der Waals surface area (Å²) in [7, 11) is 0. The van der Waals surface area contributed by atoms with E-state index in [4.69, 9.17) is 0 Å². The van der Waals surface area contributed by atoms with E-state index in [2.05, 4.69) is 53.8 Å². The van der Waals surface area contributed by atoms with Gasteiger partial charge in [0.2, 0.25) is 0 Å². The number of rotatable bonds is 1. The molecule has 0 nitrogen and oxygen atoms in total. The molecular weight excluding hydrogens is 212 g/mol. The second-order valence-corrected chi connectivity index (χ2v) is 5.85. The summed E-state index contributed by atoms with van der Waals surface area (Å²) < 4.78 is -0.500. The van der Waals surface area contributed by atoms with Crippen LogP contribution in [-0.2, 0) is 0 Å². The number of halogens is 1. The van der Waals surface area contributed by atoms with Crippen LogP contribution in [-0.4, -0.2) is 8.24 Å². The average Bonchev–Trinajstić information content (AvgIpc) is 1.31. The number of hydrogen-bond acceptors (Lipinski definition) is 3. The molecule has 0 fully saturated rings. The smallest absolute Gasteiger partial charge is 0.110 e. The Hall–Kier alpha value is 1.53. The normalized spacial score (nSPS) is 16.7. The summed E-state index contributed by atoms with van der Waals surface area (Å²) in [4.78, 5) is 0.204. The van der Waals surface area contributed by atoms with Crippen molar-refractivity contribution in [2.75, 3.05) is 0 Å². The monoisotopic (exact) mass is 218 g/mol. The zero-order chi connectivity index (χ0) is 6.08. The maximum absolute atomic E-state index is 4.03. The summed E-state index contributed by atoms with van der Waals surface area (Å²) >= 11 is 15.4. The molecule has 0 amide bonds. The van der Waals surface area contributed by atoms with E-state index in [-0.39, 0.29) is 4.83 Å². The van der Waals surface area contributed by atoms with Crippen LogP contribution >= 0.6 is 53.8 Å². The summed E-state index contributed by atoms with van der Waals surface area (Å²) in [5.41, 5.74) is 0. The third-order valence-electron chi connectivity index (χ3n) is 0.534. The summed E-state index contributed by atoms with van der Waals surface area (Å²) in [5.74, 6) is 0. The quantitative estimate of drug-likeness (QED) is 0.336. The minimum atomic E-state index is -0.500. The van der Waals surface area contributed by atoms with E-state index >= 15 is 0 Å². The molecule has 0 aromatic heterocycles. The summed E-state index contributed by atoms with van der Waals surface area (Å²) in [6.45, 7) is 1.94. The first-order valence-electron chi connectivity index (χ1n) is 1.76. The molecule has 0 aromatic carbocycles. The molecule has 7 heavy (non-hydrogen) atoms. The van der Waals surface area contributed by atoms with Gasteiger partial charge in [0.05, 0.1) is 0 Å². The van der Waals surface area contributed by atoms with E-state index in [1.165, 1.54) is 0 Å². The van der Waals surface area contributed by atoms with Gasteiger partial charge in [0.15, 0.2) is 0 Å². The van der Waals surface area contributed by atoms with Crippen molar-refractivity contribution < 1.29 is 0 Å². The number of thiol groups is 3. The molecule has 0 radical (unpaired) electrons. The van der Waals surface area contributed by atoms with Crippen LogP contribution in [0.2, 0.25) is 0 Å².